The number of nitrogens with one attached hydrogen (secondary N) is 2. The smallest absolute Gasteiger partial charge is 0.191 e. The van der Waals surface area contributed by atoms with Crippen LogP contribution >= 0.6 is 0 Å². The van der Waals surface area contributed by atoms with Crippen molar-refractivity contribution in [2.45, 2.75) is 33.4 Å². The summed E-state index contributed by atoms with van der Waals surface area (Å²) in [4.78, 5) is 4.17. The molecule has 0 amide bonds. The SMILES string of the molecule is CN=C(NCCC(C)C)NCc1ccc(F)c(COC)c1. The standard InChI is InChI=1S/C16H26FN3O/c1-12(2)7-8-19-16(18-3)20-10-13-5-6-15(17)14(9-13)11-21-4/h5-6,9,12H,7-8,10-11H2,1-4H3,(H2,18,19,20). The number of halogens is 1. The summed E-state index contributed by atoms with van der Waals surface area (Å²) in [6.07, 6.45) is 1.09. The van der Waals surface area contributed by atoms with Crippen LogP contribution in [0.2, 0.25) is 0 Å². The average Bonchev–Trinajstić information content (AvgIpc) is 2.45. The Hall–Kier alpha value is -1.62. The number of ether oxygens (including phenoxy) is 1. The lowest BCUT2D eigenvalue weighted by Crippen LogP contribution is -2.37. The van der Waals surface area contributed by atoms with Crippen LogP contribution in [0.15, 0.2) is 23.2 Å². The fourth-order valence-electron chi connectivity index (χ4n) is 1.89. The van der Waals surface area contributed by atoms with E-state index < -0.39 is 0 Å². The average molecular weight is 295 g/mol. The largest absolute Gasteiger partial charge is 0.380 e. The van der Waals surface area contributed by atoms with E-state index in [0.29, 0.717) is 18.0 Å². The van der Waals surface area contributed by atoms with Gasteiger partial charge in [0.1, 0.15) is 5.82 Å². The number of methoxy groups -OCH3 is 1. The van der Waals surface area contributed by atoms with Gasteiger partial charge in [0.2, 0.25) is 0 Å². The number of benzene rings is 1. The van der Waals surface area contributed by atoms with Crippen LogP contribution in [0.4, 0.5) is 4.39 Å². The second-order valence-electron chi connectivity index (χ2n) is 5.39. The quantitative estimate of drug-likeness (QED) is 0.600. The van der Waals surface area contributed by atoms with Crippen LogP contribution in [0.1, 0.15) is 31.4 Å². The minimum Gasteiger partial charge on any atom is -0.380 e. The molecule has 0 radical (unpaired) electrons. The van der Waals surface area contributed by atoms with Gasteiger partial charge in [0.25, 0.3) is 0 Å². The highest BCUT2D eigenvalue weighted by molar-refractivity contribution is 5.79. The van der Waals surface area contributed by atoms with Crippen molar-refractivity contribution in [2.24, 2.45) is 10.9 Å². The molecule has 0 aliphatic carbocycles. The third-order valence-electron chi connectivity index (χ3n) is 3.11. The fraction of sp³-hybridized carbons (Fsp3) is 0.562. The Labute approximate surface area is 126 Å². The molecule has 0 aliphatic heterocycles. The van der Waals surface area contributed by atoms with E-state index in [1.54, 1.807) is 20.2 Å². The first-order valence-electron chi connectivity index (χ1n) is 7.27. The summed E-state index contributed by atoms with van der Waals surface area (Å²) in [6, 6.07) is 5.05. The number of hydrogen-bond acceptors (Lipinski definition) is 2. The Balaban J connectivity index is 2.51. The second kappa shape index (κ2) is 9.34. The molecule has 0 bridgehead atoms. The van der Waals surface area contributed by atoms with Gasteiger partial charge in [-0.2, -0.15) is 0 Å². The first-order valence-corrected chi connectivity index (χ1v) is 7.27. The Bertz CT molecular complexity index is 461. The molecule has 0 saturated carbocycles. The molecule has 0 atom stereocenters. The molecule has 1 aromatic rings. The third kappa shape index (κ3) is 6.58. The van der Waals surface area contributed by atoms with E-state index in [1.165, 1.54) is 6.07 Å². The summed E-state index contributed by atoms with van der Waals surface area (Å²) in [6.45, 7) is 6.14. The maximum Gasteiger partial charge on any atom is 0.191 e. The van der Waals surface area contributed by atoms with Gasteiger partial charge in [0.05, 0.1) is 6.61 Å². The lowest BCUT2D eigenvalue weighted by molar-refractivity contribution is 0.181. The van der Waals surface area contributed by atoms with Crippen molar-refractivity contribution in [1.29, 1.82) is 0 Å². The summed E-state index contributed by atoms with van der Waals surface area (Å²) in [5.74, 6) is 1.18. The van der Waals surface area contributed by atoms with Crippen LogP contribution in [0, 0.1) is 11.7 Å². The Kier molecular flexibility index (Phi) is 7.75. The molecule has 0 aromatic heterocycles. The molecule has 5 heteroatoms. The van der Waals surface area contributed by atoms with Crippen LogP contribution in [-0.4, -0.2) is 26.7 Å². The van der Waals surface area contributed by atoms with Gasteiger partial charge in [-0.3, -0.25) is 4.99 Å². The van der Waals surface area contributed by atoms with Crippen molar-refractivity contribution in [2.75, 3.05) is 20.7 Å². The van der Waals surface area contributed by atoms with Crippen LogP contribution in [0.25, 0.3) is 0 Å². The first kappa shape index (κ1) is 17.4. The molecule has 118 valence electrons. The molecule has 0 heterocycles. The van der Waals surface area contributed by atoms with E-state index >= 15 is 0 Å². The van der Waals surface area contributed by atoms with Crippen LogP contribution in [0.5, 0.6) is 0 Å². The molecule has 0 aliphatic rings. The van der Waals surface area contributed by atoms with E-state index in [1.807, 2.05) is 6.07 Å². The molecular weight excluding hydrogens is 269 g/mol. The van der Waals surface area contributed by atoms with Crippen molar-refractivity contribution < 1.29 is 9.13 Å². The Morgan fingerprint density at radius 3 is 2.71 bits per heavy atom. The molecule has 0 spiro atoms. The van der Waals surface area contributed by atoms with Crippen LogP contribution in [-0.2, 0) is 17.9 Å². The highest BCUT2D eigenvalue weighted by Gasteiger charge is 2.04. The number of hydrogen-bond donors (Lipinski definition) is 2. The van der Waals surface area contributed by atoms with E-state index in [9.17, 15) is 4.39 Å². The number of guanidine groups is 1. The molecule has 0 saturated heterocycles. The van der Waals surface area contributed by atoms with Crippen molar-refractivity contribution in [3.63, 3.8) is 0 Å². The number of rotatable bonds is 7. The van der Waals surface area contributed by atoms with E-state index in [0.717, 1.165) is 24.5 Å². The van der Waals surface area contributed by atoms with Crippen molar-refractivity contribution in [1.82, 2.24) is 10.6 Å². The summed E-state index contributed by atoms with van der Waals surface area (Å²) in [7, 11) is 3.30. The minimum atomic E-state index is -0.236. The van der Waals surface area contributed by atoms with Gasteiger partial charge < -0.3 is 15.4 Å². The maximum absolute atomic E-state index is 13.5. The Morgan fingerprint density at radius 1 is 1.33 bits per heavy atom. The fourth-order valence-corrected chi connectivity index (χ4v) is 1.89. The molecule has 21 heavy (non-hydrogen) atoms. The maximum atomic E-state index is 13.5. The zero-order valence-corrected chi connectivity index (χ0v) is 13.4. The summed E-state index contributed by atoms with van der Waals surface area (Å²) < 4.78 is 18.5. The minimum absolute atomic E-state index is 0.236. The van der Waals surface area contributed by atoms with Crippen molar-refractivity contribution >= 4 is 5.96 Å². The lowest BCUT2D eigenvalue weighted by atomic mass is 10.1. The highest BCUT2D eigenvalue weighted by Crippen LogP contribution is 2.11. The molecule has 0 unspecified atom stereocenters. The third-order valence-corrected chi connectivity index (χ3v) is 3.11. The van der Waals surface area contributed by atoms with Crippen LogP contribution < -0.4 is 10.6 Å². The molecule has 1 aromatic carbocycles. The van der Waals surface area contributed by atoms with Gasteiger partial charge in [-0.25, -0.2) is 4.39 Å². The highest BCUT2D eigenvalue weighted by atomic mass is 19.1. The summed E-state index contributed by atoms with van der Waals surface area (Å²) in [5.41, 5.74) is 1.56. The molecular formula is C16H26FN3O. The molecule has 4 nitrogen and oxygen atoms in total. The zero-order chi connectivity index (χ0) is 15.7. The molecule has 1 rings (SSSR count). The van der Waals surface area contributed by atoms with Gasteiger partial charge in [-0.1, -0.05) is 19.9 Å². The topological polar surface area (TPSA) is 45.7 Å². The van der Waals surface area contributed by atoms with Gasteiger partial charge in [-0.05, 0) is 30.0 Å². The van der Waals surface area contributed by atoms with E-state index in [4.69, 9.17) is 4.74 Å². The normalized spacial score (nSPS) is 11.8. The van der Waals surface area contributed by atoms with E-state index in [2.05, 4.69) is 29.5 Å². The van der Waals surface area contributed by atoms with Gasteiger partial charge in [0, 0.05) is 32.8 Å². The van der Waals surface area contributed by atoms with E-state index in [-0.39, 0.29) is 12.4 Å². The zero-order valence-electron chi connectivity index (χ0n) is 13.4. The summed E-state index contributed by atoms with van der Waals surface area (Å²) in [5, 5.41) is 6.49. The monoisotopic (exact) mass is 295 g/mol. The summed E-state index contributed by atoms with van der Waals surface area (Å²) >= 11 is 0. The molecule has 2 N–H and O–H groups in total. The number of nitrogens with zero attached hydrogens (tertiary/aromatic N) is 1. The predicted octanol–water partition coefficient (Wildman–Crippen LogP) is 2.68. The first-order chi connectivity index (χ1) is 10.1. The van der Waals surface area contributed by atoms with Crippen molar-refractivity contribution in [3.05, 3.63) is 35.1 Å². The second-order valence-corrected chi connectivity index (χ2v) is 5.39. The van der Waals surface area contributed by atoms with Gasteiger partial charge in [0.15, 0.2) is 5.96 Å². The predicted molar refractivity (Wildman–Crippen MR) is 84.8 cm³/mol. The van der Waals surface area contributed by atoms with Crippen molar-refractivity contribution in [3.8, 4) is 0 Å². The van der Waals surface area contributed by atoms with Gasteiger partial charge in [-0.15, -0.1) is 0 Å². The van der Waals surface area contributed by atoms with Crippen LogP contribution in [0.3, 0.4) is 0 Å². The van der Waals surface area contributed by atoms with Gasteiger partial charge >= 0.3 is 0 Å². The number of aliphatic imine (C=N–C) groups is 1. The molecule has 0 fully saturated rings. The Morgan fingerprint density at radius 2 is 2.10 bits per heavy atom. The lowest BCUT2D eigenvalue weighted by Gasteiger charge is -2.13.